The molecule has 0 bridgehead atoms. The number of aliphatic hydroxyl groups is 2. The van der Waals surface area contributed by atoms with E-state index in [4.69, 9.17) is 4.98 Å². The number of hydrogen-bond donors (Lipinski definition) is 2. The molecule has 2 N–H and O–H groups in total. The molecule has 4 rings (SSSR count). The van der Waals surface area contributed by atoms with Gasteiger partial charge in [-0.2, -0.15) is 0 Å². The predicted molar refractivity (Wildman–Crippen MR) is 84.0 cm³/mol. The van der Waals surface area contributed by atoms with Crippen LogP contribution in [0.5, 0.6) is 0 Å². The second kappa shape index (κ2) is 4.38. The Bertz CT molecular complexity index is 898. The summed E-state index contributed by atoms with van der Waals surface area (Å²) in [5.41, 5.74) is 3.40. The average molecular weight is 277 g/mol. The first-order chi connectivity index (χ1) is 10.2. The molecule has 2 unspecified atom stereocenters. The first-order valence-corrected chi connectivity index (χ1v) is 7.03. The van der Waals surface area contributed by atoms with E-state index in [1.54, 1.807) is 12.2 Å². The minimum Gasteiger partial charge on any atom is -0.386 e. The highest BCUT2D eigenvalue weighted by molar-refractivity contribution is 6.06. The average Bonchev–Trinajstić information content (AvgIpc) is 2.51. The molecule has 3 nitrogen and oxygen atoms in total. The van der Waals surface area contributed by atoms with Crippen LogP contribution in [0.4, 0.5) is 0 Å². The zero-order valence-electron chi connectivity index (χ0n) is 11.6. The van der Waals surface area contributed by atoms with Crippen LogP contribution in [0.25, 0.3) is 27.8 Å². The van der Waals surface area contributed by atoms with Crippen molar-refractivity contribution in [2.75, 3.05) is 0 Å². The van der Waals surface area contributed by atoms with Crippen molar-refractivity contribution in [2.24, 2.45) is 0 Å². The lowest BCUT2D eigenvalue weighted by molar-refractivity contribution is 0.0464. The third kappa shape index (κ3) is 1.71. The molecule has 0 spiro atoms. The van der Waals surface area contributed by atoms with E-state index >= 15 is 0 Å². The monoisotopic (exact) mass is 277 g/mol. The molecule has 3 aromatic rings. The van der Waals surface area contributed by atoms with Crippen molar-refractivity contribution in [2.45, 2.75) is 19.1 Å². The van der Waals surface area contributed by atoms with E-state index in [1.807, 2.05) is 25.1 Å². The van der Waals surface area contributed by atoms with Crippen molar-refractivity contribution < 1.29 is 10.2 Å². The fourth-order valence-electron chi connectivity index (χ4n) is 3.16. The van der Waals surface area contributed by atoms with Gasteiger partial charge in [0.1, 0.15) is 12.2 Å². The molecule has 2 atom stereocenters. The fraction of sp³-hybridized carbons (Fsp3) is 0.167. The van der Waals surface area contributed by atoms with Gasteiger partial charge in [-0.15, -0.1) is 0 Å². The number of rotatable bonds is 0. The van der Waals surface area contributed by atoms with Crippen molar-refractivity contribution in [3.8, 4) is 0 Å². The van der Waals surface area contributed by atoms with Crippen LogP contribution in [0.2, 0.25) is 0 Å². The van der Waals surface area contributed by atoms with Crippen LogP contribution in [-0.2, 0) is 0 Å². The van der Waals surface area contributed by atoms with Gasteiger partial charge < -0.3 is 10.2 Å². The Morgan fingerprint density at radius 2 is 1.81 bits per heavy atom. The maximum absolute atomic E-state index is 10.2. The summed E-state index contributed by atoms with van der Waals surface area (Å²) in [5, 5.41) is 23.3. The van der Waals surface area contributed by atoms with Gasteiger partial charge in [0.15, 0.2) is 0 Å². The molecule has 3 heteroatoms. The molecule has 0 radical (unpaired) electrons. The maximum Gasteiger partial charge on any atom is 0.111 e. The van der Waals surface area contributed by atoms with Crippen LogP contribution in [-0.4, -0.2) is 21.3 Å². The van der Waals surface area contributed by atoms with Gasteiger partial charge in [0, 0.05) is 16.3 Å². The molecule has 0 fully saturated rings. The lowest BCUT2D eigenvalue weighted by Gasteiger charge is -2.24. The molecule has 1 aliphatic carbocycles. The second-order valence-electron chi connectivity index (χ2n) is 5.51. The number of aryl methyl sites for hydroxylation is 1. The molecular formula is C18H15NO2. The number of pyridine rings is 1. The summed E-state index contributed by atoms with van der Waals surface area (Å²) in [6.07, 6.45) is 1.61. The molecule has 1 aliphatic rings. The molecular weight excluding hydrogens is 262 g/mol. The molecule has 0 saturated carbocycles. The summed E-state index contributed by atoms with van der Waals surface area (Å²) in [4.78, 5) is 4.73. The van der Waals surface area contributed by atoms with Crippen molar-refractivity contribution in [1.82, 2.24) is 4.98 Å². The largest absolute Gasteiger partial charge is 0.386 e. The lowest BCUT2D eigenvalue weighted by Crippen LogP contribution is -2.21. The lowest BCUT2D eigenvalue weighted by atomic mass is 9.90. The van der Waals surface area contributed by atoms with Gasteiger partial charge >= 0.3 is 0 Å². The summed E-state index contributed by atoms with van der Waals surface area (Å²) in [6.45, 7) is 1.98. The Morgan fingerprint density at radius 1 is 1.00 bits per heavy atom. The number of fused-ring (bicyclic) bond motifs is 4. The van der Waals surface area contributed by atoms with E-state index in [0.29, 0.717) is 0 Å². The third-order valence-electron chi connectivity index (χ3n) is 4.29. The van der Waals surface area contributed by atoms with E-state index < -0.39 is 12.2 Å². The maximum atomic E-state index is 10.2. The van der Waals surface area contributed by atoms with Crippen LogP contribution in [0.15, 0.2) is 42.5 Å². The smallest absolute Gasteiger partial charge is 0.111 e. The quantitative estimate of drug-likeness (QED) is 0.621. The van der Waals surface area contributed by atoms with Gasteiger partial charge in [0.2, 0.25) is 0 Å². The minimum atomic E-state index is -0.909. The molecule has 104 valence electrons. The summed E-state index contributed by atoms with van der Waals surface area (Å²) in [5.74, 6) is 0. The zero-order chi connectivity index (χ0) is 14.6. The van der Waals surface area contributed by atoms with Crippen LogP contribution in [0.1, 0.15) is 22.9 Å². The number of nitrogens with zero attached hydrogens (tertiary/aromatic N) is 1. The molecule has 0 aliphatic heterocycles. The number of aromatic nitrogens is 1. The number of hydrogen-bond acceptors (Lipinski definition) is 3. The number of aliphatic hydroxyl groups excluding tert-OH is 2. The minimum absolute atomic E-state index is 0.729. The molecule has 1 heterocycles. The Balaban J connectivity index is 2.16. The Morgan fingerprint density at radius 3 is 2.67 bits per heavy atom. The van der Waals surface area contributed by atoms with Crippen LogP contribution < -0.4 is 0 Å². The highest BCUT2D eigenvalue weighted by atomic mass is 16.3. The number of benzene rings is 2. The van der Waals surface area contributed by atoms with Crippen molar-refractivity contribution >= 4 is 27.8 Å². The SMILES string of the molecule is Cc1c2c(nc3c1ccc1ccccc13)C=CC(O)C2O. The van der Waals surface area contributed by atoms with Crippen molar-refractivity contribution in [3.63, 3.8) is 0 Å². The molecule has 0 saturated heterocycles. The van der Waals surface area contributed by atoms with Crippen molar-refractivity contribution in [1.29, 1.82) is 0 Å². The van der Waals surface area contributed by atoms with Gasteiger partial charge in [0.25, 0.3) is 0 Å². The standard InChI is InChI=1S/C18H15NO2/c1-10-12-7-6-11-4-2-3-5-13(11)17(12)19-14-8-9-15(20)18(21)16(10)14/h2-9,15,18,20-21H,1H3. The first-order valence-electron chi connectivity index (χ1n) is 7.03. The molecule has 21 heavy (non-hydrogen) atoms. The highest BCUT2D eigenvalue weighted by Crippen LogP contribution is 2.35. The normalized spacial score (nSPS) is 20.9. The van der Waals surface area contributed by atoms with E-state index in [1.165, 1.54) is 0 Å². The van der Waals surface area contributed by atoms with Gasteiger partial charge in [-0.05, 0) is 23.9 Å². The summed E-state index contributed by atoms with van der Waals surface area (Å²) in [7, 11) is 0. The van der Waals surface area contributed by atoms with Crippen molar-refractivity contribution in [3.05, 3.63) is 59.3 Å². The fourth-order valence-corrected chi connectivity index (χ4v) is 3.16. The van der Waals surface area contributed by atoms with Gasteiger partial charge in [0.05, 0.1) is 11.2 Å². The highest BCUT2D eigenvalue weighted by Gasteiger charge is 2.26. The van der Waals surface area contributed by atoms with Gasteiger partial charge in [-0.3, -0.25) is 0 Å². The Labute approximate surface area is 122 Å². The summed E-state index contributed by atoms with van der Waals surface area (Å²) < 4.78 is 0. The van der Waals surface area contributed by atoms with Crippen LogP contribution in [0, 0.1) is 6.92 Å². The van der Waals surface area contributed by atoms with E-state index in [2.05, 4.69) is 18.2 Å². The predicted octanol–water partition coefficient (Wildman–Crippen LogP) is 3.12. The summed E-state index contributed by atoms with van der Waals surface area (Å²) >= 11 is 0. The zero-order valence-corrected chi connectivity index (χ0v) is 11.6. The Kier molecular flexibility index (Phi) is 2.61. The van der Waals surface area contributed by atoms with E-state index in [-0.39, 0.29) is 0 Å². The summed E-state index contributed by atoms with van der Waals surface area (Å²) in [6, 6.07) is 12.3. The molecule has 0 amide bonds. The third-order valence-corrected chi connectivity index (χ3v) is 4.29. The van der Waals surface area contributed by atoms with Crippen LogP contribution >= 0.6 is 0 Å². The van der Waals surface area contributed by atoms with Gasteiger partial charge in [-0.1, -0.05) is 42.5 Å². The second-order valence-corrected chi connectivity index (χ2v) is 5.51. The van der Waals surface area contributed by atoms with E-state index in [0.717, 1.165) is 38.5 Å². The molecule has 1 aromatic heterocycles. The topological polar surface area (TPSA) is 53.4 Å². The Hall–Kier alpha value is -2.23. The molecule has 2 aromatic carbocycles. The van der Waals surface area contributed by atoms with E-state index in [9.17, 15) is 10.2 Å². The van der Waals surface area contributed by atoms with Gasteiger partial charge in [-0.25, -0.2) is 4.98 Å². The van der Waals surface area contributed by atoms with Crippen LogP contribution in [0.3, 0.4) is 0 Å². The first kappa shape index (κ1) is 12.5.